The Hall–Kier alpha value is -2.45. The number of halogens is 3. The predicted octanol–water partition coefficient (Wildman–Crippen LogP) is 5.51. The predicted molar refractivity (Wildman–Crippen MR) is 104 cm³/mol. The number of hydrogen-bond acceptors (Lipinski definition) is 3. The summed E-state index contributed by atoms with van der Waals surface area (Å²) in [5.74, 6) is 0.106. The largest absolute Gasteiger partial charge is 0.488 e. The van der Waals surface area contributed by atoms with Crippen LogP contribution in [0.1, 0.15) is 5.56 Å². The molecule has 3 rings (SSSR count). The smallest absolute Gasteiger partial charge is 0.266 e. The molecule has 1 aliphatic heterocycles. The Kier molecular flexibility index (Phi) is 5.53. The lowest BCUT2D eigenvalue weighted by molar-refractivity contribution is -0.112. The van der Waals surface area contributed by atoms with Crippen molar-refractivity contribution >= 4 is 52.5 Å². The fourth-order valence-electron chi connectivity index (χ4n) is 2.37. The fourth-order valence-corrected chi connectivity index (χ4v) is 2.88. The second kappa shape index (κ2) is 7.84. The summed E-state index contributed by atoms with van der Waals surface area (Å²) in [7, 11) is 0. The number of nitrogens with zero attached hydrogens (tertiary/aromatic N) is 1. The molecule has 2 aromatic carbocycles. The van der Waals surface area contributed by atoms with Crippen molar-refractivity contribution in [1.29, 1.82) is 5.26 Å². The summed E-state index contributed by atoms with van der Waals surface area (Å²) in [6.07, 6.45) is 3.29. The van der Waals surface area contributed by atoms with Gasteiger partial charge in [0.25, 0.3) is 5.91 Å². The zero-order valence-corrected chi connectivity index (χ0v) is 15.5. The summed E-state index contributed by atoms with van der Waals surface area (Å²) in [4.78, 5) is 12.4. The van der Waals surface area contributed by atoms with E-state index in [0.717, 1.165) is 5.56 Å². The van der Waals surface area contributed by atoms with E-state index >= 15 is 0 Å². The highest BCUT2D eigenvalue weighted by molar-refractivity contribution is 6.36. The van der Waals surface area contributed by atoms with Gasteiger partial charge in [0.15, 0.2) is 0 Å². The van der Waals surface area contributed by atoms with Gasteiger partial charge in [-0.05, 0) is 54.1 Å². The third kappa shape index (κ3) is 4.20. The first-order valence-electron chi connectivity index (χ1n) is 7.47. The molecule has 0 radical (unpaired) electrons. The van der Waals surface area contributed by atoms with Crippen LogP contribution in [0.5, 0.6) is 5.75 Å². The number of rotatable bonds is 3. The molecule has 0 spiro atoms. The van der Waals surface area contributed by atoms with Crippen LogP contribution >= 0.6 is 34.8 Å². The van der Waals surface area contributed by atoms with Gasteiger partial charge in [0, 0.05) is 15.6 Å². The first-order chi connectivity index (χ1) is 12.5. The van der Waals surface area contributed by atoms with E-state index < -0.39 is 5.91 Å². The van der Waals surface area contributed by atoms with Gasteiger partial charge in [-0.15, -0.1) is 0 Å². The minimum Gasteiger partial charge on any atom is -0.488 e. The summed E-state index contributed by atoms with van der Waals surface area (Å²) in [6, 6.07) is 11.8. The third-order valence-corrected chi connectivity index (χ3v) is 4.38. The van der Waals surface area contributed by atoms with Crippen LogP contribution in [0.25, 0.3) is 6.08 Å². The zero-order valence-electron chi connectivity index (χ0n) is 13.2. The number of nitriles is 1. The van der Waals surface area contributed by atoms with Crippen molar-refractivity contribution in [3.8, 4) is 11.8 Å². The lowest BCUT2D eigenvalue weighted by Gasteiger charge is -2.16. The molecule has 0 bridgehead atoms. The summed E-state index contributed by atoms with van der Waals surface area (Å²) < 4.78 is 5.62. The van der Waals surface area contributed by atoms with E-state index in [9.17, 15) is 10.1 Å². The molecule has 1 amide bonds. The second-order valence-corrected chi connectivity index (χ2v) is 6.72. The standard InChI is InChI=1S/C19H11Cl3N2O2/c20-14-2-4-18-12(7-14)5-11(10-26-18)6-13(9-23)19(25)24-17-8-15(21)1-3-16(17)22/h1-8H,10H2,(H,24,25)/b13-6-. The maximum absolute atomic E-state index is 12.4. The Balaban J connectivity index is 1.85. The fraction of sp³-hybridized carbons (Fsp3) is 0.0526. The molecule has 2 aromatic rings. The topological polar surface area (TPSA) is 62.1 Å². The van der Waals surface area contributed by atoms with Gasteiger partial charge < -0.3 is 10.1 Å². The summed E-state index contributed by atoms with van der Waals surface area (Å²) >= 11 is 17.9. The summed E-state index contributed by atoms with van der Waals surface area (Å²) in [5.41, 5.74) is 1.70. The van der Waals surface area contributed by atoms with Crippen molar-refractivity contribution in [3.05, 3.63) is 74.3 Å². The van der Waals surface area contributed by atoms with Gasteiger partial charge in [0.2, 0.25) is 0 Å². The Morgan fingerprint density at radius 1 is 1.15 bits per heavy atom. The minimum absolute atomic E-state index is 0.0821. The highest BCUT2D eigenvalue weighted by Gasteiger charge is 2.15. The number of fused-ring (bicyclic) bond motifs is 1. The van der Waals surface area contributed by atoms with Crippen molar-refractivity contribution in [3.63, 3.8) is 0 Å². The first kappa shape index (κ1) is 18.3. The number of anilines is 1. The second-order valence-electron chi connectivity index (χ2n) is 5.44. The van der Waals surface area contributed by atoms with Crippen molar-refractivity contribution in [2.24, 2.45) is 0 Å². The molecule has 1 N–H and O–H groups in total. The summed E-state index contributed by atoms with van der Waals surface area (Å²) in [6.45, 7) is 0.241. The number of amides is 1. The van der Waals surface area contributed by atoms with Crippen LogP contribution < -0.4 is 10.1 Å². The average molecular weight is 406 g/mol. The lowest BCUT2D eigenvalue weighted by Crippen LogP contribution is -2.15. The van der Waals surface area contributed by atoms with Crippen molar-refractivity contribution in [2.45, 2.75) is 0 Å². The van der Waals surface area contributed by atoms with E-state index in [1.165, 1.54) is 12.1 Å². The van der Waals surface area contributed by atoms with Crippen LogP contribution in [0.2, 0.25) is 15.1 Å². The molecular weight excluding hydrogens is 395 g/mol. The maximum Gasteiger partial charge on any atom is 0.266 e. The molecule has 4 nitrogen and oxygen atoms in total. The number of benzene rings is 2. The lowest BCUT2D eigenvalue weighted by atomic mass is 10.0. The van der Waals surface area contributed by atoms with Crippen molar-refractivity contribution < 1.29 is 9.53 Å². The Morgan fingerprint density at radius 2 is 1.88 bits per heavy atom. The van der Waals surface area contributed by atoms with E-state index in [2.05, 4.69) is 5.32 Å². The molecule has 0 saturated carbocycles. The molecule has 0 unspecified atom stereocenters. The molecule has 0 saturated heterocycles. The normalized spacial score (nSPS) is 13.2. The number of nitrogens with one attached hydrogen (secondary N) is 1. The molecule has 0 aromatic heterocycles. The molecule has 0 aliphatic carbocycles. The van der Waals surface area contributed by atoms with E-state index in [-0.39, 0.29) is 12.2 Å². The Labute approximate surface area is 165 Å². The highest BCUT2D eigenvalue weighted by atomic mass is 35.5. The van der Waals surface area contributed by atoms with Gasteiger partial charge in [-0.3, -0.25) is 4.79 Å². The van der Waals surface area contributed by atoms with Crippen molar-refractivity contribution in [1.82, 2.24) is 0 Å². The number of hydrogen-bond donors (Lipinski definition) is 1. The maximum atomic E-state index is 12.4. The number of carbonyl (C=O) groups excluding carboxylic acids is 1. The Bertz CT molecular complexity index is 991. The zero-order chi connectivity index (χ0) is 18.7. The quantitative estimate of drug-likeness (QED) is 0.541. The average Bonchev–Trinajstić information content (AvgIpc) is 2.62. The SMILES string of the molecule is N#C/C(=C/C1=Cc2cc(Cl)ccc2OC1)C(=O)Nc1cc(Cl)ccc1Cl. The van der Waals surface area contributed by atoms with Gasteiger partial charge in [-0.1, -0.05) is 34.8 Å². The van der Waals surface area contributed by atoms with Crippen LogP contribution in [0.3, 0.4) is 0 Å². The highest BCUT2D eigenvalue weighted by Crippen LogP contribution is 2.30. The molecule has 7 heteroatoms. The number of ether oxygens (including phenoxy) is 1. The Morgan fingerprint density at radius 3 is 2.65 bits per heavy atom. The van der Waals surface area contributed by atoms with Gasteiger partial charge in [-0.2, -0.15) is 5.26 Å². The van der Waals surface area contributed by atoms with Gasteiger partial charge in [-0.25, -0.2) is 0 Å². The van der Waals surface area contributed by atoms with E-state index in [0.29, 0.717) is 32.1 Å². The van der Waals surface area contributed by atoms with Crippen LogP contribution in [0.4, 0.5) is 5.69 Å². The molecule has 0 fully saturated rings. The molecule has 0 atom stereocenters. The van der Waals surface area contributed by atoms with Crippen LogP contribution in [-0.4, -0.2) is 12.5 Å². The van der Waals surface area contributed by atoms with Crippen LogP contribution in [0, 0.1) is 11.3 Å². The third-order valence-electron chi connectivity index (χ3n) is 3.58. The summed E-state index contributed by atoms with van der Waals surface area (Å²) in [5, 5.41) is 13.2. The molecule has 1 heterocycles. The van der Waals surface area contributed by atoms with Gasteiger partial charge >= 0.3 is 0 Å². The van der Waals surface area contributed by atoms with E-state index in [1.54, 1.807) is 30.3 Å². The van der Waals surface area contributed by atoms with Gasteiger partial charge in [0.1, 0.15) is 24.0 Å². The van der Waals surface area contributed by atoms with E-state index in [1.807, 2.05) is 12.1 Å². The van der Waals surface area contributed by atoms with Crippen LogP contribution in [-0.2, 0) is 4.79 Å². The number of carbonyl (C=O) groups is 1. The van der Waals surface area contributed by atoms with Crippen molar-refractivity contribution in [2.75, 3.05) is 11.9 Å². The first-order valence-corrected chi connectivity index (χ1v) is 8.61. The molecule has 130 valence electrons. The molecular formula is C19H11Cl3N2O2. The van der Waals surface area contributed by atoms with Crippen LogP contribution in [0.15, 0.2) is 53.6 Å². The monoisotopic (exact) mass is 404 g/mol. The molecule has 26 heavy (non-hydrogen) atoms. The minimum atomic E-state index is -0.588. The molecule has 1 aliphatic rings. The van der Waals surface area contributed by atoms with E-state index in [4.69, 9.17) is 39.5 Å². The van der Waals surface area contributed by atoms with Gasteiger partial charge in [0.05, 0.1) is 10.7 Å².